The highest BCUT2D eigenvalue weighted by molar-refractivity contribution is 5.99. The Balaban J connectivity index is 2.28. The lowest BCUT2D eigenvalue weighted by molar-refractivity contribution is -0.143. The van der Waals surface area contributed by atoms with E-state index in [0.29, 0.717) is 18.9 Å². The van der Waals surface area contributed by atoms with Crippen molar-refractivity contribution in [3.8, 4) is 0 Å². The van der Waals surface area contributed by atoms with Crippen LogP contribution in [0.15, 0.2) is 18.2 Å². The number of nitrogens with one attached hydrogen (secondary N) is 2. The van der Waals surface area contributed by atoms with Crippen molar-refractivity contribution in [2.45, 2.75) is 51.7 Å². The van der Waals surface area contributed by atoms with Crippen molar-refractivity contribution < 1.29 is 32.3 Å². The van der Waals surface area contributed by atoms with E-state index in [1.165, 1.54) is 13.2 Å². The molecule has 0 bridgehead atoms. The zero-order chi connectivity index (χ0) is 21.8. The number of carbonyl (C=O) groups excluding carboxylic acids is 3. The molecule has 0 radical (unpaired) electrons. The summed E-state index contributed by atoms with van der Waals surface area (Å²) in [6.07, 6.45) is -2.16. The molecule has 6 nitrogen and oxygen atoms in total. The van der Waals surface area contributed by atoms with Crippen molar-refractivity contribution in [3.63, 3.8) is 0 Å². The number of anilines is 1. The van der Waals surface area contributed by atoms with E-state index in [4.69, 9.17) is 0 Å². The summed E-state index contributed by atoms with van der Waals surface area (Å²) < 4.78 is 44.5. The van der Waals surface area contributed by atoms with Crippen molar-refractivity contribution in [2.75, 3.05) is 12.4 Å². The first-order valence-corrected chi connectivity index (χ1v) is 9.43. The lowest BCUT2D eigenvalue weighted by atomic mass is 9.85. The molecule has 1 aromatic carbocycles. The van der Waals surface area contributed by atoms with E-state index in [2.05, 4.69) is 15.4 Å². The molecular weight excluding hydrogens is 389 g/mol. The highest BCUT2D eigenvalue weighted by Gasteiger charge is 2.33. The Morgan fingerprint density at radius 1 is 1.17 bits per heavy atom. The maximum atomic E-state index is 13.3. The molecule has 0 unspecified atom stereocenters. The van der Waals surface area contributed by atoms with Gasteiger partial charge in [0, 0.05) is 17.2 Å². The van der Waals surface area contributed by atoms with E-state index >= 15 is 0 Å². The maximum Gasteiger partial charge on any atom is 0.416 e. The molecular formula is C20H25F3N2O4. The minimum atomic E-state index is -4.70. The predicted octanol–water partition coefficient (Wildman–Crippen LogP) is 3.76. The third-order valence-corrected chi connectivity index (χ3v) is 4.76. The molecule has 1 aromatic rings. The number of rotatable bonds is 7. The van der Waals surface area contributed by atoms with E-state index in [1.54, 1.807) is 0 Å². The fraction of sp³-hybridized carbons (Fsp3) is 0.550. The van der Waals surface area contributed by atoms with Crippen LogP contribution in [0.2, 0.25) is 0 Å². The number of hydrogen-bond acceptors (Lipinski definition) is 4. The summed E-state index contributed by atoms with van der Waals surface area (Å²) in [5.41, 5.74) is -1.48. The van der Waals surface area contributed by atoms with E-state index in [1.807, 2.05) is 13.8 Å². The normalized spacial score (nSPS) is 15.4. The average molecular weight is 414 g/mol. The monoisotopic (exact) mass is 414 g/mol. The zero-order valence-electron chi connectivity index (χ0n) is 16.6. The second-order valence-corrected chi connectivity index (χ2v) is 7.59. The van der Waals surface area contributed by atoms with Gasteiger partial charge in [0.05, 0.1) is 12.7 Å². The number of alkyl halides is 3. The van der Waals surface area contributed by atoms with Gasteiger partial charge in [-0.25, -0.2) is 4.79 Å². The molecule has 1 saturated carbocycles. The van der Waals surface area contributed by atoms with Crippen LogP contribution >= 0.6 is 0 Å². The van der Waals surface area contributed by atoms with Gasteiger partial charge in [-0.2, -0.15) is 13.2 Å². The summed E-state index contributed by atoms with van der Waals surface area (Å²) in [5.74, 6) is -2.09. The summed E-state index contributed by atoms with van der Waals surface area (Å²) in [7, 11) is 1.17. The lowest BCUT2D eigenvalue weighted by Gasteiger charge is -2.24. The Kier molecular flexibility index (Phi) is 7.26. The molecule has 0 saturated heterocycles. The first-order chi connectivity index (χ1) is 13.5. The third kappa shape index (κ3) is 6.20. The second kappa shape index (κ2) is 9.28. The molecule has 1 fully saturated rings. The van der Waals surface area contributed by atoms with Gasteiger partial charge in [0.25, 0.3) is 5.91 Å². The second-order valence-electron chi connectivity index (χ2n) is 7.59. The molecule has 1 aliphatic rings. The van der Waals surface area contributed by atoms with Crippen LogP contribution in [0, 0.1) is 11.8 Å². The summed E-state index contributed by atoms with van der Waals surface area (Å²) in [5, 5.41) is 4.89. The van der Waals surface area contributed by atoms with Crippen molar-refractivity contribution in [1.29, 1.82) is 0 Å². The van der Waals surface area contributed by atoms with Crippen molar-refractivity contribution in [3.05, 3.63) is 29.3 Å². The maximum absolute atomic E-state index is 13.3. The summed E-state index contributed by atoms with van der Waals surface area (Å²) in [4.78, 5) is 36.6. The Morgan fingerprint density at radius 3 is 2.31 bits per heavy atom. The van der Waals surface area contributed by atoms with Crippen molar-refractivity contribution in [2.24, 2.45) is 11.8 Å². The summed E-state index contributed by atoms with van der Waals surface area (Å²) in [6, 6.07) is 1.66. The predicted molar refractivity (Wildman–Crippen MR) is 100 cm³/mol. The third-order valence-electron chi connectivity index (χ3n) is 4.76. The molecule has 2 N–H and O–H groups in total. The molecule has 0 heterocycles. The topological polar surface area (TPSA) is 84.5 Å². The van der Waals surface area contributed by atoms with Crippen LogP contribution in [0.3, 0.4) is 0 Å². The average Bonchev–Trinajstić information content (AvgIpc) is 2.57. The fourth-order valence-electron chi connectivity index (χ4n) is 2.98. The van der Waals surface area contributed by atoms with Crippen LogP contribution < -0.4 is 10.6 Å². The molecule has 9 heteroatoms. The number of ether oxygens (including phenoxy) is 1. The van der Waals surface area contributed by atoms with Crippen molar-refractivity contribution >= 4 is 23.5 Å². The molecule has 160 valence electrons. The lowest BCUT2D eigenvalue weighted by Crippen LogP contribution is -2.42. The van der Waals surface area contributed by atoms with Crippen LogP contribution in [0.5, 0.6) is 0 Å². The molecule has 0 aliphatic heterocycles. The number of benzene rings is 1. The van der Waals surface area contributed by atoms with Crippen LogP contribution in [-0.4, -0.2) is 30.9 Å². The quantitative estimate of drug-likeness (QED) is 0.666. The number of methoxy groups -OCH3 is 1. The molecule has 2 rings (SSSR count). The van der Waals surface area contributed by atoms with Gasteiger partial charge in [-0.05, 0) is 43.4 Å². The van der Waals surface area contributed by atoms with Gasteiger partial charge in [-0.1, -0.05) is 20.3 Å². The van der Waals surface area contributed by atoms with Gasteiger partial charge >= 0.3 is 12.1 Å². The standard InChI is InChI=1S/C20H25F3N2O4/c1-11(2)7-16(19(28)29-3)25-18(27)13-8-14(20(21,22)23)10-15(9-13)24-17(26)12-5-4-6-12/h8-12,16H,4-7H2,1-3H3,(H,24,26)(H,25,27)/t16-/m0/s1. The Morgan fingerprint density at radius 2 is 1.83 bits per heavy atom. The highest BCUT2D eigenvalue weighted by atomic mass is 19.4. The van der Waals surface area contributed by atoms with Crippen LogP contribution in [-0.2, 0) is 20.5 Å². The largest absolute Gasteiger partial charge is 0.467 e. The van der Waals surface area contributed by atoms with Crippen LogP contribution in [0.25, 0.3) is 0 Å². The Labute approximate surface area is 167 Å². The number of halogens is 3. The van der Waals surface area contributed by atoms with Gasteiger partial charge in [0.15, 0.2) is 0 Å². The van der Waals surface area contributed by atoms with E-state index < -0.39 is 29.7 Å². The number of carbonyl (C=O) groups is 3. The number of esters is 1. The van der Waals surface area contributed by atoms with Gasteiger partial charge < -0.3 is 15.4 Å². The fourth-order valence-corrected chi connectivity index (χ4v) is 2.98. The molecule has 0 spiro atoms. The summed E-state index contributed by atoms with van der Waals surface area (Å²) in [6.45, 7) is 3.67. The SMILES string of the molecule is COC(=O)[C@H](CC(C)C)NC(=O)c1cc(NC(=O)C2CCC2)cc(C(F)(F)F)c1. The minimum Gasteiger partial charge on any atom is -0.467 e. The number of amides is 2. The zero-order valence-corrected chi connectivity index (χ0v) is 16.6. The number of hydrogen-bond donors (Lipinski definition) is 2. The van der Waals surface area contributed by atoms with E-state index in [9.17, 15) is 27.6 Å². The molecule has 2 amide bonds. The van der Waals surface area contributed by atoms with Crippen LogP contribution in [0.4, 0.5) is 18.9 Å². The summed E-state index contributed by atoms with van der Waals surface area (Å²) >= 11 is 0. The van der Waals surface area contributed by atoms with E-state index in [0.717, 1.165) is 12.5 Å². The van der Waals surface area contributed by atoms with Crippen LogP contribution in [0.1, 0.15) is 55.5 Å². The first kappa shape index (κ1) is 22.7. The molecule has 29 heavy (non-hydrogen) atoms. The Hall–Kier alpha value is -2.58. The molecule has 0 aromatic heterocycles. The highest BCUT2D eigenvalue weighted by Crippen LogP contribution is 2.33. The van der Waals surface area contributed by atoms with Gasteiger partial charge in [-0.3, -0.25) is 9.59 Å². The smallest absolute Gasteiger partial charge is 0.416 e. The van der Waals surface area contributed by atoms with Gasteiger partial charge in [0.1, 0.15) is 6.04 Å². The first-order valence-electron chi connectivity index (χ1n) is 9.43. The Bertz CT molecular complexity index is 773. The van der Waals surface area contributed by atoms with Gasteiger partial charge in [0.2, 0.25) is 5.91 Å². The molecule has 1 aliphatic carbocycles. The van der Waals surface area contributed by atoms with Crippen molar-refractivity contribution in [1.82, 2.24) is 5.32 Å². The van der Waals surface area contributed by atoms with E-state index in [-0.39, 0.29) is 35.4 Å². The minimum absolute atomic E-state index is 0.0400. The molecule has 1 atom stereocenters. The van der Waals surface area contributed by atoms with Gasteiger partial charge in [-0.15, -0.1) is 0 Å².